The highest BCUT2D eigenvalue weighted by molar-refractivity contribution is 9.10. The van der Waals surface area contributed by atoms with E-state index in [1.165, 1.54) is 13.2 Å². The van der Waals surface area contributed by atoms with Gasteiger partial charge in [0.25, 0.3) is 0 Å². The molecule has 0 fully saturated rings. The first-order valence-electron chi connectivity index (χ1n) is 3.98. The second-order valence-corrected chi connectivity index (χ2v) is 3.67. The van der Waals surface area contributed by atoms with Crippen LogP contribution in [-0.2, 0) is 0 Å². The van der Waals surface area contributed by atoms with Gasteiger partial charge in [-0.3, -0.25) is 0 Å². The van der Waals surface area contributed by atoms with Crippen LogP contribution in [-0.4, -0.2) is 18.9 Å². The Labute approximate surface area is 102 Å². The van der Waals surface area contributed by atoms with Crippen LogP contribution in [0.4, 0.5) is 4.39 Å². The normalized spacial score (nSPS) is 11.7. The van der Waals surface area contributed by atoms with Crippen molar-refractivity contribution in [1.82, 2.24) is 0 Å². The first-order chi connectivity index (χ1) is 6.60. The third-order valence-corrected chi connectivity index (χ3v) is 2.47. The zero-order chi connectivity index (χ0) is 10.7. The van der Waals surface area contributed by atoms with E-state index >= 15 is 0 Å². The molecule has 0 unspecified atom stereocenters. The molecule has 0 amide bonds. The molecule has 0 saturated heterocycles. The molecule has 1 atom stereocenters. The van der Waals surface area contributed by atoms with Crippen molar-refractivity contribution in [1.29, 1.82) is 0 Å². The van der Waals surface area contributed by atoms with Crippen molar-refractivity contribution in [3.8, 4) is 11.5 Å². The van der Waals surface area contributed by atoms with Crippen LogP contribution in [0.3, 0.4) is 0 Å². The Balaban J connectivity index is 0.00000196. The highest BCUT2D eigenvalue weighted by atomic mass is 79.9. The number of methoxy groups -OCH3 is 1. The Kier molecular flexibility index (Phi) is 5.93. The Morgan fingerprint density at radius 2 is 2.20 bits per heavy atom. The predicted molar refractivity (Wildman–Crippen MR) is 62.5 cm³/mol. The van der Waals surface area contributed by atoms with Gasteiger partial charge in [0.05, 0.1) is 17.6 Å². The van der Waals surface area contributed by atoms with Gasteiger partial charge in [0.1, 0.15) is 6.67 Å². The first-order valence-corrected chi connectivity index (χ1v) is 4.77. The molecule has 0 bridgehead atoms. The van der Waals surface area contributed by atoms with E-state index in [0.29, 0.717) is 10.0 Å². The summed E-state index contributed by atoms with van der Waals surface area (Å²) < 4.78 is 17.6. The average molecular weight is 301 g/mol. The molecule has 0 saturated carbocycles. The Morgan fingerprint density at radius 3 is 2.67 bits per heavy atom. The van der Waals surface area contributed by atoms with Crippen molar-refractivity contribution < 1.29 is 14.2 Å². The van der Waals surface area contributed by atoms with E-state index in [0.717, 1.165) is 0 Å². The molecule has 1 aromatic carbocycles. The lowest BCUT2D eigenvalue weighted by Crippen LogP contribution is -2.12. The predicted octanol–water partition coefficient (Wildman–Crippen LogP) is 2.55. The number of aromatic hydroxyl groups is 1. The quantitative estimate of drug-likeness (QED) is 0.902. The monoisotopic (exact) mass is 299 g/mol. The lowest BCUT2D eigenvalue weighted by molar-refractivity contribution is 0.369. The van der Waals surface area contributed by atoms with Crippen LogP contribution in [0.2, 0.25) is 0 Å². The summed E-state index contributed by atoms with van der Waals surface area (Å²) >= 11 is 3.13. The Hall–Kier alpha value is -0.520. The lowest BCUT2D eigenvalue weighted by atomic mass is 10.1. The van der Waals surface area contributed by atoms with E-state index in [4.69, 9.17) is 10.5 Å². The molecule has 0 aliphatic heterocycles. The van der Waals surface area contributed by atoms with Crippen molar-refractivity contribution in [2.75, 3.05) is 13.8 Å². The second kappa shape index (κ2) is 6.15. The summed E-state index contributed by atoms with van der Waals surface area (Å²) in [6.07, 6.45) is 0. The van der Waals surface area contributed by atoms with E-state index in [1.807, 2.05) is 0 Å². The topological polar surface area (TPSA) is 55.5 Å². The molecule has 0 heterocycles. The lowest BCUT2D eigenvalue weighted by Gasteiger charge is -2.11. The van der Waals surface area contributed by atoms with Crippen molar-refractivity contribution in [2.45, 2.75) is 6.04 Å². The standard InChI is InChI=1S/C9H11BrFNO2.ClH/c1-14-8-3-5(7(12)4-11)2-6(10)9(8)13;/h2-3,7,13H,4,12H2,1H3;1H/t7-;/m0./s1. The number of halogens is 3. The number of rotatable bonds is 3. The highest BCUT2D eigenvalue weighted by Gasteiger charge is 2.12. The molecule has 6 heteroatoms. The first kappa shape index (κ1) is 14.5. The van der Waals surface area contributed by atoms with Crippen LogP contribution >= 0.6 is 28.3 Å². The zero-order valence-corrected chi connectivity index (χ0v) is 10.4. The van der Waals surface area contributed by atoms with Crippen molar-refractivity contribution >= 4 is 28.3 Å². The summed E-state index contributed by atoms with van der Waals surface area (Å²) in [4.78, 5) is 0. The van der Waals surface area contributed by atoms with Gasteiger partial charge in [-0.1, -0.05) is 0 Å². The third kappa shape index (κ3) is 3.22. The number of nitrogens with two attached hydrogens (primary N) is 1. The summed E-state index contributed by atoms with van der Waals surface area (Å²) in [5.74, 6) is 0.264. The van der Waals surface area contributed by atoms with Gasteiger partial charge >= 0.3 is 0 Å². The van der Waals surface area contributed by atoms with Gasteiger partial charge in [-0.05, 0) is 33.6 Å². The Bertz CT molecular complexity index is 338. The molecule has 0 aromatic heterocycles. The molecule has 1 rings (SSSR count). The van der Waals surface area contributed by atoms with E-state index in [1.54, 1.807) is 6.07 Å². The number of phenols is 1. The number of ether oxygens (including phenoxy) is 1. The number of hydrogen-bond donors (Lipinski definition) is 2. The molecule has 0 spiro atoms. The molecule has 3 nitrogen and oxygen atoms in total. The van der Waals surface area contributed by atoms with Crippen LogP contribution in [0.25, 0.3) is 0 Å². The van der Waals surface area contributed by atoms with E-state index in [-0.39, 0.29) is 23.9 Å². The van der Waals surface area contributed by atoms with Crippen LogP contribution in [0.5, 0.6) is 11.5 Å². The van der Waals surface area contributed by atoms with E-state index in [9.17, 15) is 9.50 Å². The Morgan fingerprint density at radius 1 is 1.60 bits per heavy atom. The summed E-state index contributed by atoms with van der Waals surface area (Å²) in [6.45, 7) is -0.652. The van der Waals surface area contributed by atoms with Gasteiger partial charge in [-0.15, -0.1) is 12.4 Å². The maximum Gasteiger partial charge on any atom is 0.172 e. The van der Waals surface area contributed by atoms with Crippen molar-refractivity contribution in [2.24, 2.45) is 5.73 Å². The fourth-order valence-corrected chi connectivity index (χ4v) is 1.51. The zero-order valence-electron chi connectivity index (χ0n) is 8.04. The number of hydrogen-bond acceptors (Lipinski definition) is 3. The molecule has 15 heavy (non-hydrogen) atoms. The van der Waals surface area contributed by atoms with Crippen molar-refractivity contribution in [3.05, 3.63) is 22.2 Å². The second-order valence-electron chi connectivity index (χ2n) is 2.81. The molecular weight excluding hydrogens is 288 g/mol. The third-order valence-electron chi connectivity index (χ3n) is 1.87. The average Bonchev–Trinajstić information content (AvgIpc) is 2.20. The smallest absolute Gasteiger partial charge is 0.172 e. The van der Waals surface area contributed by atoms with Gasteiger partial charge in [0.2, 0.25) is 0 Å². The van der Waals surface area contributed by atoms with Gasteiger partial charge in [0, 0.05) is 0 Å². The van der Waals surface area contributed by atoms with Crippen LogP contribution in [0, 0.1) is 0 Å². The maximum absolute atomic E-state index is 12.3. The van der Waals surface area contributed by atoms with Gasteiger partial charge in [-0.25, -0.2) is 4.39 Å². The molecule has 1 aromatic rings. The number of phenolic OH excluding ortho intramolecular Hbond substituents is 1. The molecule has 0 aliphatic carbocycles. The van der Waals surface area contributed by atoms with Crippen LogP contribution in [0.1, 0.15) is 11.6 Å². The van der Waals surface area contributed by atoms with E-state index < -0.39 is 12.7 Å². The molecule has 0 aliphatic rings. The fraction of sp³-hybridized carbons (Fsp3) is 0.333. The summed E-state index contributed by atoms with van der Waals surface area (Å²) in [6, 6.07) is 2.40. The van der Waals surface area contributed by atoms with Crippen molar-refractivity contribution in [3.63, 3.8) is 0 Å². The van der Waals surface area contributed by atoms with Crippen LogP contribution in [0.15, 0.2) is 16.6 Å². The van der Waals surface area contributed by atoms with Crippen LogP contribution < -0.4 is 10.5 Å². The minimum atomic E-state index is -0.694. The molecule has 86 valence electrons. The minimum absolute atomic E-state index is 0. The highest BCUT2D eigenvalue weighted by Crippen LogP contribution is 2.36. The molecular formula is C9H12BrClFNO2. The number of benzene rings is 1. The summed E-state index contributed by atoms with van der Waals surface area (Å²) in [7, 11) is 1.42. The molecule has 0 radical (unpaired) electrons. The minimum Gasteiger partial charge on any atom is -0.503 e. The fourth-order valence-electron chi connectivity index (χ4n) is 1.05. The molecule has 3 N–H and O–H groups in total. The SMILES string of the molecule is COc1cc([C@@H](N)CF)cc(Br)c1O.Cl. The van der Waals surface area contributed by atoms with Gasteiger partial charge in [-0.2, -0.15) is 0 Å². The van der Waals surface area contributed by atoms with E-state index in [2.05, 4.69) is 15.9 Å². The summed E-state index contributed by atoms with van der Waals surface area (Å²) in [5.41, 5.74) is 6.08. The summed E-state index contributed by atoms with van der Waals surface area (Å²) in [5, 5.41) is 9.47. The van der Waals surface area contributed by atoms with Gasteiger partial charge in [0.15, 0.2) is 11.5 Å². The largest absolute Gasteiger partial charge is 0.503 e. The number of alkyl halides is 1. The maximum atomic E-state index is 12.3. The van der Waals surface area contributed by atoms with Gasteiger partial charge < -0.3 is 15.6 Å².